The molecule has 2 aromatic rings. The van der Waals surface area contributed by atoms with Crippen molar-refractivity contribution in [1.82, 2.24) is 9.55 Å². The second kappa shape index (κ2) is 4.18. The summed E-state index contributed by atoms with van der Waals surface area (Å²) in [4.78, 5) is 4.47. The molecule has 80 valence electrons. The van der Waals surface area contributed by atoms with Gasteiger partial charge in [-0.15, -0.1) is 0 Å². The third kappa shape index (κ3) is 2.01. The predicted molar refractivity (Wildman–Crippen MR) is 73.2 cm³/mol. The van der Waals surface area contributed by atoms with Crippen molar-refractivity contribution in [3.8, 4) is 0 Å². The normalized spacial score (nSPS) is 11.6. The van der Waals surface area contributed by atoms with Gasteiger partial charge in [0, 0.05) is 15.0 Å². The van der Waals surface area contributed by atoms with Gasteiger partial charge >= 0.3 is 0 Å². The summed E-state index contributed by atoms with van der Waals surface area (Å²) >= 11 is 10.5. The van der Waals surface area contributed by atoms with Crippen molar-refractivity contribution in [2.45, 2.75) is 19.9 Å². The van der Waals surface area contributed by atoms with Gasteiger partial charge in [0.25, 0.3) is 0 Å². The molecule has 0 fully saturated rings. The molecule has 0 unspecified atom stereocenters. The van der Waals surface area contributed by atoms with E-state index in [-0.39, 0.29) is 0 Å². The highest BCUT2D eigenvalue weighted by atomic mass is 79.9. The van der Waals surface area contributed by atoms with Crippen LogP contribution in [0.25, 0.3) is 11.0 Å². The van der Waals surface area contributed by atoms with Gasteiger partial charge in [0.15, 0.2) is 4.73 Å². The fraction of sp³-hybridized carbons (Fsp3) is 0.300. The first-order valence-corrected chi connectivity index (χ1v) is 6.91. The Hall–Kier alpha value is 0.130. The molecule has 2 nitrogen and oxygen atoms in total. The lowest BCUT2D eigenvalue weighted by Gasteiger charge is -2.09. The number of halogens is 3. The third-order valence-electron chi connectivity index (χ3n) is 2.20. The topological polar surface area (TPSA) is 17.8 Å². The summed E-state index contributed by atoms with van der Waals surface area (Å²) in [7, 11) is 0. The molecule has 15 heavy (non-hydrogen) atoms. The largest absolute Gasteiger partial charge is 0.316 e. The van der Waals surface area contributed by atoms with Gasteiger partial charge in [0.2, 0.25) is 0 Å². The molecule has 0 aliphatic rings. The second-order valence-corrected chi connectivity index (χ2v) is 6.02. The number of benzene rings is 1. The molecule has 0 atom stereocenters. The highest BCUT2D eigenvalue weighted by Gasteiger charge is 2.12. The van der Waals surface area contributed by atoms with Gasteiger partial charge in [-0.2, -0.15) is 0 Å². The van der Waals surface area contributed by atoms with Gasteiger partial charge < -0.3 is 4.57 Å². The highest BCUT2D eigenvalue weighted by Crippen LogP contribution is 2.31. The Bertz CT molecular complexity index is 517. The lowest BCUT2D eigenvalue weighted by molar-refractivity contribution is 0.604. The average molecular weight is 397 g/mol. The first-order chi connectivity index (χ1) is 7.00. The Kier molecular flexibility index (Phi) is 3.24. The van der Waals surface area contributed by atoms with E-state index in [1.54, 1.807) is 0 Å². The third-order valence-corrected chi connectivity index (χ3v) is 4.61. The Balaban J connectivity index is 2.81. The molecule has 0 N–H and O–H groups in total. The van der Waals surface area contributed by atoms with Crippen molar-refractivity contribution >= 4 is 58.8 Å². The minimum Gasteiger partial charge on any atom is -0.316 e. The molecular weight excluding hydrogens is 388 g/mol. The summed E-state index contributed by atoms with van der Waals surface area (Å²) in [6, 6.07) is 4.48. The average Bonchev–Trinajstić information content (AvgIpc) is 2.41. The number of hydrogen-bond acceptors (Lipinski definition) is 1. The molecule has 0 bridgehead atoms. The maximum atomic E-state index is 4.47. The van der Waals surface area contributed by atoms with Gasteiger partial charge in [-0.05, 0) is 73.8 Å². The number of hydrogen-bond donors (Lipinski definition) is 0. The number of fused-ring (bicyclic) bond motifs is 1. The molecule has 0 saturated carbocycles. The van der Waals surface area contributed by atoms with Gasteiger partial charge in [0.1, 0.15) is 0 Å². The van der Waals surface area contributed by atoms with Gasteiger partial charge in [0.05, 0.1) is 11.0 Å². The summed E-state index contributed by atoms with van der Waals surface area (Å²) < 4.78 is 5.10. The SMILES string of the molecule is CC(C)n1c(Br)nc2cc(Br)c(Br)cc21. The maximum Gasteiger partial charge on any atom is 0.178 e. The molecule has 2 rings (SSSR count). The van der Waals surface area contributed by atoms with Gasteiger partial charge in [-0.25, -0.2) is 4.98 Å². The van der Waals surface area contributed by atoms with E-state index in [4.69, 9.17) is 0 Å². The Morgan fingerprint density at radius 2 is 1.73 bits per heavy atom. The van der Waals surface area contributed by atoms with Gasteiger partial charge in [-0.3, -0.25) is 0 Å². The monoisotopic (exact) mass is 394 g/mol. The minimum absolute atomic E-state index is 0.387. The predicted octanol–water partition coefficient (Wildman–Crippen LogP) is 4.90. The molecule has 1 aromatic carbocycles. The van der Waals surface area contributed by atoms with E-state index in [9.17, 15) is 0 Å². The van der Waals surface area contributed by atoms with Crippen LogP contribution in [0.15, 0.2) is 25.8 Å². The van der Waals surface area contributed by atoms with Crippen LogP contribution in [0.1, 0.15) is 19.9 Å². The number of aromatic nitrogens is 2. The van der Waals surface area contributed by atoms with Crippen LogP contribution in [0.4, 0.5) is 0 Å². The highest BCUT2D eigenvalue weighted by molar-refractivity contribution is 9.13. The minimum atomic E-state index is 0.387. The van der Waals surface area contributed by atoms with Crippen LogP contribution >= 0.6 is 47.8 Å². The molecule has 0 radical (unpaired) electrons. The van der Waals surface area contributed by atoms with Crippen molar-refractivity contribution in [3.63, 3.8) is 0 Å². The fourth-order valence-corrected chi connectivity index (χ4v) is 3.01. The van der Waals surface area contributed by atoms with Crippen molar-refractivity contribution in [3.05, 3.63) is 25.8 Å². The zero-order valence-electron chi connectivity index (χ0n) is 8.26. The van der Waals surface area contributed by atoms with Crippen LogP contribution in [-0.4, -0.2) is 9.55 Å². The molecule has 0 saturated heterocycles. The molecule has 0 spiro atoms. The Morgan fingerprint density at radius 1 is 1.13 bits per heavy atom. The van der Waals surface area contributed by atoms with Crippen molar-refractivity contribution in [1.29, 1.82) is 0 Å². The number of nitrogens with zero attached hydrogens (tertiary/aromatic N) is 2. The summed E-state index contributed by atoms with van der Waals surface area (Å²) in [5, 5.41) is 0. The van der Waals surface area contributed by atoms with E-state index in [0.29, 0.717) is 6.04 Å². The van der Waals surface area contributed by atoms with Crippen molar-refractivity contribution < 1.29 is 0 Å². The number of imidazole rings is 1. The van der Waals surface area contributed by atoms with Crippen LogP contribution in [-0.2, 0) is 0 Å². The van der Waals surface area contributed by atoms with E-state index >= 15 is 0 Å². The Morgan fingerprint density at radius 3 is 2.33 bits per heavy atom. The van der Waals surface area contributed by atoms with Crippen molar-refractivity contribution in [2.75, 3.05) is 0 Å². The van der Waals surface area contributed by atoms with E-state index in [2.05, 4.69) is 77.3 Å². The summed E-state index contributed by atoms with van der Waals surface area (Å²) in [5.74, 6) is 0. The van der Waals surface area contributed by atoms with Crippen LogP contribution in [0, 0.1) is 0 Å². The van der Waals surface area contributed by atoms with Crippen LogP contribution in [0.3, 0.4) is 0 Å². The molecule has 1 aromatic heterocycles. The van der Waals surface area contributed by atoms with E-state index in [0.717, 1.165) is 24.7 Å². The molecule has 0 amide bonds. The molecular formula is C10H9Br3N2. The summed E-state index contributed by atoms with van der Waals surface area (Å²) in [6.45, 7) is 4.28. The van der Waals surface area contributed by atoms with E-state index in [1.807, 2.05) is 6.07 Å². The molecule has 0 aliphatic carbocycles. The molecule has 5 heteroatoms. The first-order valence-electron chi connectivity index (χ1n) is 4.53. The molecule has 1 heterocycles. The van der Waals surface area contributed by atoms with E-state index in [1.165, 1.54) is 0 Å². The van der Waals surface area contributed by atoms with Crippen LogP contribution in [0.5, 0.6) is 0 Å². The lowest BCUT2D eigenvalue weighted by Crippen LogP contribution is -2.00. The summed E-state index contributed by atoms with van der Waals surface area (Å²) in [6.07, 6.45) is 0. The lowest BCUT2D eigenvalue weighted by atomic mass is 10.3. The first kappa shape index (κ1) is 11.6. The van der Waals surface area contributed by atoms with Crippen molar-refractivity contribution in [2.24, 2.45) is 0 Å². The zero-order chi connectivity index (χ0) is 11.2. The van der Waals surface area contributed by atoms with Crippen LogP contribution in [0.2, 0.25) is 0 Å². The fourth-order valence-electron chi connectivity index (χ4n) is 1.55. The molecule has 0 aliphatic heterocycles. The Labute approximate surface area is 113 Å². The van der Waals surface area contributed by atoms with Crippen LogP contribution < -0.4 is 0 Å². The number of rotatable bonds is 1. The standard InChI is InChI=1S/C10H9Br3N2/c1-5(2)15-9-4-7(12)6(11)3-8(9)14-10(15)13/h3-5H,1-2H3. The van der Waals surface area contributed by atoms with E-state index < -0.39 is 0 Å². The van der Waals surface area contributed by atoms with Gasteiger partial charge in [-0.1, -0.05) is 0 Å². The maximum absolute atomic E-state index is 4.47. The summed E-state index contributed by atoms with van der Waals surface area (Å²) in [5.41, 5.74) is 2.12. The zero-order valence-corrected chi connectivity index (χ0v) is 13.0. The smallest absolute Gasteiger partial charge is 0.178 e. The quantitative estimate of drug-likeness (QED) is 0.670. The second-order valence-electron chi connectivity index (χ2n) is 3.60.